The molecule has 1 aromatic rings. The van der Waals surface area contributed by atoms with Gasteiger partial charge >= 0.3 is 0 Å². The molecular weight excluding hydrogens is 404 g/mol. The maximum Gasteiger partial charge on any atom is 0.255 e. The molecule has 0 spiro atoms. The average Bonchev–Trinajstić information content (AvgIpc) is 2.96. The van der Waals surface area contributed by atoms with Crippen LogP contribution in [0.2, 0.25) is 0 Å². The Labute approximate surface area is 141 Å². The van der Waals surface area contributed by atoms with Gasteiger partial charge in [0.2, 0.25) is 0 Å². The van der Waals surface area contributed by atoms with Crippen molar-refractivity contribution >= 4 is 49.1 Å². The van der Waals surface area contributed by atoms with Crippen LogP contribution in [-0.2, 0) is 0 Å². The van der Waals surface area contributed by atoms with Gasteiger partial charge < -0.3 is 10.2 Å². The first-order chi connectivity index (χ1) is 9.47. The Balaban J connectivity index is 2.12. The summed E-state index contributed by atoms with van der Waals surface area (Å²) in [6.07, 6.45) is 2.37. The van der Waals surface area contributed by atoms with Gasteiger partial charge in [-0.05, 0) is 63.2 Å². The molecule has 1 aromatic heterocycles. The van der Waals surface area contributed by atoms with E-state index < -0.39 is 0 Å². The molecule has 1 fully saturated rings. The van der Waals surface area contributed by atoms with Crippen molar-refractivity contribution in [3.05, 3.63) is 19.2 Å². The van der Waals surface area contributed by atoms with Crippen molar-refractivity contribution in [2.75, 3.05) is 19.6 Å². The lowest BCUT2D eigenvalue weighted by atomic mass is 10.1. The van der Waals surface area contributed by atoms with E-state index in [1.54, 1.807) is 11.3 Å². The molecule has 0 aliphatic carbocycles. The molecule has 0 aromatic carbocycles. The molecule has 1 aliphatic rings. The predicted molar refractivity (Wildman–Crippen MR) is 91.5 cm³/mol. The first-order valence-corrected chi connectivity index (χ1v) is 9.35. The van der Waals surface area contributed by atoms with Crippen LogP contribution in [0.4, 0.5) is 0 Å². The second-order valence-electron chi connectivity index (χ2n) is 5.64. The molecule has 0 bridgehead atoms. The molecule has 0 saturated carbocycles. The van der Waals surface area contributed by atoms with Gasteiger partial charge in [-0.3, -0.25) is 4.79 Å². The number of halogens is 2. The van der Waals surface area contributed by atoms with Crippen molar-refractivity contribution in [2.24, 2.45) is 5.92 Å². The fourth-order valence-electron chi connectivity index (χ4n) is 2.52. The Hall–Kier alpha value is 0.0900. The average molecular weight is 424 g/mol. The van der Waals surface area contributed by atoms with Gasteiger partial charge in [0.05, 0.1) is 13.1 Å². The minimum absolute atomic E-state index is 0.126. The van der Waals surface area contributed by atoms with E-state index in [9.17, 15) is 4.79 Å². The standard InChI is InChI=1S/C14H20Br2N2OS/c1-9(2)7-18(8-10-4-3-5-17-10)14(19)11-6-12(15)20-13(11)16/h6,9-10,17H,3-5,7-8H2,1-2H3. The lowest BCUT2D eigenvalue weighted by Crippen LogP contribution is -2.42. The zero-order chi connectivity index (χ0) is 14.7. The lowest BCUT2D eigenvalue weighted by Gasteiger charge is -2.27. The summed E-state index contributed by atoms with van der Waals surface area (Å²) in [7, 11) is 0. The quantitative estimate of drug-likeness (QED) is 0.772. The third-order valence-electron chi connectivity index (χ3n) is 3.36. The number of amides is 1. The predicted octanol–water partition coefficient (Wildman–Crippen LogP) is 4.12. The van der Waals surface area contributed by atoms with Gasteiger partial charge in [-0.1, -0.05) is 13.8 Å². The number of rotatable bonds is 5. The molecule has 0 radical (unpaired) electrons. The molecule has 1 aliphatic heterocycles. The highest BCUT2D eigenvalue weighted by atomic mass is 79.9. The van der Waals surface area contributed by atoms with Crippen molar-refractivity contribution in [3.63, 3.8) is 0 Å². The Kier molecular flexibility index (Phi) is 6.08. The maximum atomic E-state index is 12.8. The number of nitrogens with zero attached hydrogens (tertiary/aromatic N) is 1. The van der Waals surface area contributed by atoms with Crippen LogP contribution >= 0.6 is 43.2 Å². The van der Waals surface area contributed by atoms with Crippen LogP contribution in [0.5, 0.6) is 0 Å². The lowest BCUT2D eigenvalue weighted by molar-refractivity contribution is 0.0721. The monoisotopic (exact) mass is 422 g/mol. The minimum Gasteiger partial charge on any atom is -0.337 e. The second kappa shape index (κ2) is 7.38. The fourth-order valence-corrected chi connectivity index (χ4v) is 5.29. The van der Waals surface area contributed by atoms with Crippen LogP contribution in [-0.4, -0.2) is 36.5 Å². The van der Waals surface area contributed by atoms with E-state index in [1.165, 1.54) is 6.42 Å². The van der Waals surface area contributed by atoms with Gasteiger partial charge in [0, 0.05) is 19.1 Å². The molecule has 3 nitrogen and oxygen atoms in total. The number of carbonyl (C=O) groups is 1. The fraction of sp³-hybridized carbons (Fsp3) is 0.643. The highest BCUT2D eigenvalue weighted by Crippen LogP contribution is 2.32. The molecular formula is C14H20Br2N2OS. The zero-order valence-electron chi connectivity index (χ0n) is 11.8. The summed E-state index contributed by atoms with van der Waals surface area (Å²) in [6.45, 7) is 6.98. The highest BCUT2D eigenvalue weighted by Gasteiger charge is 2.25. The molecule has 112 valence electrons. The Morgan fingerprint density at radius 3 is 2.80 bits per heavy atom. The van der Waals surface area contributed by atoms with Gasteiger partial charge in [0.1, 0.15) is 0 Å². The first kappa shape index (κ1) is 16.5. The van der Waals surface area contributed by atoms with E-state index in [0.717, 1.165) is 39.2 Å². The zero-order valence-corrected chi connectivity index (χ0v) is 15.8. The third-order valence-corrected chi connectivity index (χ3v) is 5.70. The molecule has 1 unspecified atom stereocenters. The van der Waals surface area contributed by atoms with Gasteiger partial charge in [-0.25, -0.2) is 0 Å². The van der Waals surface area contributed by atoms with Gasteiger partial charge in [-0.2, -0.15) is 0 Å². The van der Waals surface area contributed by atoms with Crippen molar-refractivity contribution in [2.45, 2.75) is 32.7 Å². The SMILES string of the molecule is CC(C)CN(CC1CCCN1)C(=O)c1cc(Br)sc1Br. The molecule has 2 rings (SSSR count). The Morgan fingerprint density at radius 1 is 1.55 bits per heavy atom. The van der Waals surface area contributed by atoms with E-state index in [0.29, 0.717) is 12.0 Å². The Bertz CT molecular complexity index is 470. The molecule has 20 heavy (non-hydrogen) atoms. The van der Waals surface area contributed by atoms with Crippen LogP contribution in [0.3, 0.4) is 0 Å². The number of hydrogen-bond acceptors (Lipinski definition) is 3. The van der Waals surface area contributed by atoms with Crippen LogP contribution < -0.4 is 5.32 Å². The third kappa shape index (κ3) is 4.29. The first-order valence-electron chi connectivity index (χ1n) is 6.95. The molecule has 1 atom stereocenters. The Morgan fingerprint density at radius 2 is 2.30 bits per heavy atom. The van der Waals surface area contributed by atoms with Crippen molar-refractivity contribution in [1.29, 1.82) is 0 Å². The highest BCUT2D eigenvalue weighted by molar-refractivity contribution is 9.12. The van der Waals surface area contributed by atoms with Crippen LogP contribution in [0.25, 0.3) is 0 Å². The second-order valence-corrected chi connectivity index (χ2v) is 9.38. The number of nitrogens with one attached hydrogen (secondary N) is 1. The summed E-state index contributed by atoms with van der Waals surface area (Å²) in [4.78, 5) is 14.7. The van der Waals surface area contributed by atoms with E-state index in [2.05, 4.69) is 51.0 Å². The molecule has 2 heterocycles. The van der Waals surface area contributed by atoms with Crippen LogP contribution in [0.15, 0.2) is 13.6 Å². The minimum atomic E-state index is 0.126. The van der Waals surface area contributed by atoms with Crippen molar-refractivity contribution in [1.82, 2.24) is 10.2 Å². The summed E-state index contributed by atoms with van der Waals surface area (Å²) in [6, 6.07) is 2.35. The molecule has 1 amide bonds. The van der Waals surface area contributed by atoms with E-state index in [-0.39, 0.29) is 5.91 Å². The van der Waals surface area contributed by atoms with Crippen molar-refractivity contribution < 1.29 is 4.79 Å². The summed E-state index contributed by atoms with van der Waals surface area (Å²) >= 11 is 8.48. The van der Waals surface area contributed by atoms with E-state index >= 15 is 0 Å². The number of carbonyl (C=O) groups excluding carboxylic acids is 1. The van der Waals surface area contributed by atoms with E-state index in [1.807, 2.05) is 11.0 Å². The molecule has 6 heteroatoms. The van der Waals surface area contributed by atoms with Gasteiger partial charge in [0.25, 0.3) is 5.91 Å². The largest absolute Gasteiger partial charge is 0.337 e. The van der Waals surface area contributed by atoms with Crippen LogP contribution in [0.1, 0.15) is 37.0 Å². The number of thiophene rings is 1. The number of hydrogen-bond donors (Lipinski definition) is 1. The summed E-state index contributed by atoms with van der Waals surface area (Å²) in [5.74, 6) is 0.599. The van der Waals surface area contributed by atoms with Gasteiger partial charge in [0.15, 0.2) is 0 Å². The normalized spacial score (nSPS) is 18.8. The smallest absolute Gasteiger partial charge is 0.255 e. The summed E-state index contributed by atoms with van der Waals surface area (Å²) < 4.78 is 1.89. The molecule has 1 N–H and O–H groups in total. The van der Waals surface area contributed by atoms with Gasteiger partial charge in [-0.15, -0.1) is 11.3 Å². The molecule has 1 saturated heterocycles. The summed E-state index contributed by atoms with van der Waals surface area (Å²) in [5.41, 5.74) is 0.764. The van der Waals surface area contributed by atoms with E-state index in [4.69, 9.17) is 0 Å². The van der Waals surface area contributed by atoms with Crippen molar-refractivity contribution in [3.8, 4) is 0 Å². The maximum absolute atomic E-state index is 12.8. The summed E-state index contributed by atoms with van der Waals surface area (Å²) in [5, 5.41) is 3.47. The van der Waals surface area contributed by atoms with Crippen LogP contribution in [0, 0.1) is 5.92 Å². The topological polar surface area (TPSA) is 32.3 Å².